The lowest BCUT2D eigenvalue weighted by Gasteiger charge is -2.07. The van der Waals surface area contributed by atoms with E-state index < -0.39 is 42.6 Å². The second-order valence-corrected chi connectivity index (χ2v) is 5.16. The molecule has 0 fully saturated rings. The molecular weight excluding hydrogens is 252 g/mol. The second-order valence-electron chi connectivity index (χ2n) is 3.21. The lowest BCUT2D eigenvalue weighted by molar-refractivity contribution is -0.384. The van der Waals surface area contributed by atoms with Crippen LogP contribution in [0.1, 0.15) is 10.4 Å². The quantitative estimate of drug-likeness (QED) is 0.451. The van der Waals surface area contributed by atoms with Gasteiger partial charge < -0.3 is 10.8 Å². The van der Waals surface area contributed by atoms with Crippen molar-refractivity contribution in [1.29, 1.82) is 0 Å². The van der Waals surface area contributed by atoms with Gasteiger partial charge in [0, 0.05) is 12.3 Å². The Labute approximate surface area is 95.7 Å². The third kappa shape index (κ3) is 2.33. The van der Waals surface area contributed by atoms with Gasteiger partial charge in [0.2, 0.25) is 0 Å². The minimum atomic E-state index is -3.98. The Balaban J connectivity index is 3.78. The van der Waals surface area contributed by atoms with Gasteiger partial charge in [-0.15, -0.1) is 0 Å². The number of sulfone groups is 1. The van der Waals surface area contributed by atoms with Gasteiger partial charge in [-0.2, -0.15) is 0 Å². The average Bonchev–Trinajstić information content (AvgIpc) is 2.14. The molecule has 8 nitrogen and oxygen atoms in total. The van der Waals surface area contributed by atoms with E-state index in [1.807, 2.05) is 0 Å². The number of hydrogen-bond donors (Lipinski definition) is 2. The van der Waals surface area contributed by atoms with Crippen molar-refractivity contribution < 1.29 is 23.2 Å². The van der Waals surface area contributed by atoms with E-state index in [1.54, 1.807) is 0 Å². The molecule has 0 heterocycles. The molecule has 0 saturated carbocycles. The number of nitro groups is 1. The van der Waals surface area contributed by atoms with E-state index in [9.17, 15) is 23.3 Å². The first kappa shape index (κ1) is 12.9. The van der Waals surface area contributed by atoms with Crippen LogP contribution in [0.15, 0.2) is 17.0 Å². The molecule has 0 aliphatic heterocycles. The van der Waals surface area contributed by atoms with Crippen molar-refractivity contribution in [3.8, 4) is 0 Å². The van der Waals surface area contributed by atoms with Gasteiger partial charge in [-0.3, -0.25) is 10.1 Å². The summed E-state index contributed by atoms with van der Waals surface area (Å²) in [4.78, 5) is 19.8. The summed E-state index contributed by atoms with van der Waals surface area (Å²) in [6.07, 6.45) is 0.731. The molecule has 1 aromatic carbocycles. The Morgan fingerprint density at radius 2 is 2.00 bits per heavy atom. The zero-order valence-corrected chi connectivity index (χ0v) is 9.39. The molecule has 3 N–H and O–H groups in total. The Morgan fingerprint density at radius 1 is 1.47 bits per heavy atom. The molecule has 0 atom stereocenters. The van der Waals surface area contributed by atoms with E-state index in [0.29, 0.717) is 0 Å². The van der Waals surface area contributed by atoms with Crippen LogP contribution in [-0.4, -0.2) is 30.7 Å². The Morgan fingerprint density at radius 3 is 2.35 bits per heavy atom. The molecule has 0 saturated heterocycles. The maximum absolute atomic E-state index is 11.4. The summed E-state index contributed by atoms with van der Waals surface area (Å²) in [6, 6.07) is 1.70. The number of carboxylic acids is 1. The molecule has 0 radical (unpaired) electrons. The molecular formula is C8H8N2O6S. The topological polar surface area (TPSA) is 141 Å². The SMILES string of the molecule is CS(=O)(=O)c1c(C(=O)O)ccc([N+](=O)[O-])c1N. The minimum Gasteiger partial charge on any atom is -0.478 e. The number of benzene rings is 1. The van der Waals surface area contributed by atoms with Gasteiger partial charge in [0.1, 0.15) is 10.6 Å². The summed E-state index contributed by atoms with van der Waals surface area (Å²) in [5, 5.41) is 19.4. The zero-order chi connectivity index (χ0) is 13.4. The van der Waals surface area contributed by atoms with Crippen LogP contribution in [0.5, 0.6) is 0 Å². The van der Waals surface area contributed by atoms with Gasteiger partial charge in [0.25, 0.3) is 5.69 Å². The van der Waals surface area contributed by atoms with Crippen molar-refractivity contribution in [2.75, 3.05) is 12.0 Å². The highest BCUT2D eigenvalue weighted by molar-refractivity contribution is 7.91. The smallest absolute Gasteiger partial charge is 0.337 e. The van der Waals surface area contributed by atoms with Crippen molar-refractivity contribution in [2.24, 2.45) is 0 Å². The van der Waals surface area contributed by atoms with Crippen LogP contribution < -0.4 is 5.73 Å². The Kier molecular flexibility index (Phi) is 3.05. The van der Waals surface area contributed by atoms with Crippen molar-refractivity contribution in [3.63, 3.8) is 0 Å². The van der Waals surface area contributed by atoms with Crippen LogP contribution in [0.25, 0.3) is 0 Å². The summed E-state index contributed by atoms with van der Waals surface area (Å²) in [7, 11) is -3.98. The van der Waals surface area contributed by atoms with Gasteiger partial charge in [-0.05, 0) is 6.07 Å². The second kappa shape index (κ2) is 4.01. The van der Waals surface area contributed by atoms with E-state index >= 15 is 0 Å². The third-order valence-corrected chi connectivity index (χ3v) is 3.15. The van der Waals surface area contributed by atoms with Crippen LogP contribution in [0.3, 0.4) is 0 Å². The molecule has 0 spiro atoms. The fourth-order valence-corrected chi connectivity index (χ4v) is 2.38. The fraction of sp³-hybridized carbons (Fsp3) is 0.125. The van der Waals surface area contributed by atoms with E-state index in [4.69, 9.17) is 10.8 Å². The monoisotopic (exact) mass is 260 g/mol. The van der Waals surface area contributed by atoms with Crippen molar-refractivity contribution >= 4 is 27.2 Å². The lowest BCUT2D eigenvalue weighted by atomic mass is 10.2. The van der Waals surface area contributed by atoms with Crippen LogP contribution in [0.2, 0.25) is 0 Å². The van der Waals surface area contributed by atoms with E-state index in [1.165, 1.54) is 0 Å². The van der Waals surface area contributed by atoms with E-state index in [2.05, 4.69) is 0 Å². The Bertz CT molecular complexity index is 607. The first-order chi connectivity index (χ1) is 7.66. The molecule has 0 aromatic heterocycles. The van der Waals surface area contributed by atoms with Crippen molar-refractivity contribution in [2.45, 2.75) is 4.90 Å². The summed E-state index contributed by atoms with van der Waals surface area (Å²) in [5.74, 6) is -1.52. The van der Waals surface area contributed by atoms with Crippen LogP contribution in [-0.2, 0) is 9.84 Å². The molecule has 0 aliphatic carbocycles. The van der Waals surface area contributed by atoms with Gasteiger partial charge in [0.15, 0.2) is 9.84 Å². The van der Waals surface area contributed by atoms with Gasteiger partial charge in [-0.1, -0.05) is 0 Å². The predicted molar refractivity (Wildman–Crippen MR) is 57.6 cm³/mol. The van der Waals surface area contributed by atoms with Crippen LogP contribution >= 0.6 is 0 Å². The average molecular weight is 260 g/mol. The molecule has 9 heteroatoms. The number of hydrogen-bond acceptors (Lipinski definition) is 6. The standard InChI is InChI=1S/C8H8N2O6S/c1-17(15,16)7-4(8(11)12)2-3-5(6(7)9)10(13)14/h2-3H,9H2,1H3,(H,11,12). The highest BCUT2D eigenvalue weighted by Crippen LogP contribution is 2.31. The first-order valence-electron chi connectivity index (χ1n) is 4.16. The lowest BCUT2D eigenvalue weighted by Crippen LogP contribution is -2.12. The normalized spacial score (nSPS) is 11.1. The maximum Gasteiger partial charge on any atom is 0.337 e. The molecule has 0 amide bonds. The summed E-state index contributed by atoms with van der Waals surface area (Å²) < 4.78 is 22.8. The van der Waals surface area contributed by atoms with Crippen LogP contribution in [0, 0.1) is 10.1 Å². The highest BCUT2D eigenvalue weighted by atomic mass is 32.2. The van der Waals surface area contributed by atoms with Crippen molar-refractivity contribution in [3.05, 3.63) is 27.8 Å². The highest BCUT2D eigenvalue weighted by Gasteiger charge is 2.27. The molecule has 0 unspecified atom stereocenters. The number of anilines is 1. The molecule has 1 aromatic rings. The summed E-state index contributed by atoms with van der Waals surface area (Å²) in [6.45, 7) is 0. The number of nitro benzene ring substituents is 1. The van der Waals surface area contributed by atoms with E-state index in [0.717, 1.165) is 18.4 Å². The maximum atomic E-state index is 11.4. The number of rotatable bonds is 3. The number of carboxylic acid groups (broad SMARTS) is 1. The Hall–Kier alpha value is -2.16. The predicted octanol–water partition coefficient (Wildman–Crippen LogP) is 0.279. The molecule has 17 heavy (non-hydrogen) atoms. The van der Waals surface area contributed by atoms with Gasteiger partial charge >= 0.3 is 5.97 Å². The third-order valence-electron chi connectivity index (χ3n) is 1.97. The minimum absolute atomic E-state index is 0.587. The largest absolute Gasteiger partial charge is 0.478 e. The first-order valence-corrected chi connectivity index (χ1v) is 6.05. The zero-order valence-electron chi connectivity index (χ0n) is 8.58. The van der Waals surface area contributed by atoms with Gasteiger partial charge in [-0.25, -0.2) is 13.2 Å². The number of nitrogen functional groups attached to an aromatic ring is 1. The molecule has 0 bridgehead atoms. The summed E-state index contributed by atoms with van der Waals surface area (Å²) >= 11 is 0. The number of carbonyl (C=O) groups is 1. The molecule has 0 aliphatic rings. The fourth-order valence-electron chi connectivity index (χ4n) is 1.32. The van der Waals surface area contributed by atoms with Crippen LogP contribution in [0.4, 0.5) is 11.4 Å². The molecule has 92 valence electrons. The van der Waals surface area contributed by atoms with Crippen molar-refractivity contribution in [1.82, 2.24) is 0 Å². The van der Waals surface area contributed by atoms with E-state index in [-0.39, 0.29) is 0 Å². The summed E-state index contributed by atoms with van der Waals surface area (Å²) in [5.41, 5.74) is 3.43. The van der Waals surface area contributed by atoms with Gasteiger partial charge in [0.05, 0.1) is 10.5 Å². The number of nitrogens with zero attached hydrogens (tertiary/aromatic N) is 1. The number of aromatic carboxylic acids is 1. The number of nitrogens with two attached hydrogens (primary N) is 1. The molecule has 1 rings (SSSR count).